The van der Waals surface area contributed by atoms with Gasteiger partial charge in [0, 0.05) is 12.1 Å². The summed E-state index contributed by atoms with van der Waals surface area (Å²) in [5, 5.41) is 12.9. The fourth-order valence-electron chi connectivity index (χ4n) is 1.61. The van der Waals surface area contributed by atoms with Crippen LogP contribution in [0.4, 0.5) is 15.8 Å². The Morgan fingerprint density at radius 2 is 2.05 bits per heavy atom. The van der Waals surface area contributed by atoms with Crippen molar-refractivity contribution in [1.29, 1.82) is 0 Å². The molecule has 0 radical (unpaired) electrons. The second-order valence-electron chi connectivity index (χ2n) is 4.19. The summed E-state index contributed by atoms with van der Waals surface area (Å²) < 4.78 is 19.5. The van der Waals surface area contributed by atoms with Gasteiger partial charge < -0.3 is 10.1 Å². The molecule has 8 heteroatoms. The van der Waals surface area contributed by atoms with Crippen LogP contribution in [-0.2, 0) is 4.79 Å². The number of anilines is 1. The maximum atomic E-state index is 13.5. The SMILES string of the molecule is O=C(COc1ccccc1Br)Nc1cc([N+](=O)[O-])ccc1F. The van der Waals surface area contributed by atoms with Gasteiger partial charge in [0.2, 0.25) is 0 Å². The first kappa shape index (κ1) is 15.9. The molecule has 0 fully saturated rings. The van der Waals surface area contributed by atoms with Crippen LogP contribution in [0.1, 0.15) is 0 Å². The van der Waals surface area contributed by atoms with E-state index in [1.165, 1.54) is 0 Å². The third-order valence-corrected chi connectivity index (χ3v) is 3.29. The molecule has 22 heavy (non-hydrogen) atoms. The quantitative estimate of drug-likeness (QED) is 0.646. The lowest BCUT2D eigenvalue weighted by Crippen LogP contribution is -2.21. The maximum Gasteiger partial charge on any atom is 0.271 e. The van der Waals surface area contributed by atoms with Gasteiger partial charge in [-0.05, 0) is 34.1 Å². The average Bonchev–Trinajstić information content (AvgIpc) is 2.48. The van der Waals surface area contributed by atoms with Gasteiger partial charge in [0.15, 0.2) is 6.61 Å². The Bertz CT molecular complexity index is 724. The van der Waals surface area contributed by atoms with E-state index in [1.807, 2.05) is 0 Å². The van der Waals surface area contributed by atoms with Gasteiger partial charge in [-0.25, -0.2) is 4.39 Å². The fraction of sp³-hybridized carbons (Fsp3) is 0.0714. The summed E-state index contributed by atoms with van der Waals surface area (Å²) in [6.45, 7) is -0.356. The number of nitrogens with one attached hydrogen (secondary N) is 1. The Hall–Kier alpha value is -2.48. The first-order valence-electron chi connectivity index (χ1n) is 6.08. The molecule has 0 saturated heterocycles. The van der Waals surface area contributed by atoms with Crippen LogP contribution in [0.15, 0.2) is 46.9 Å². The molecule has 0 aliphatic heterocycles. The molecular formula is C14H10BrFN2O4. The number of nitro groups is 1. The average molecular weight is 369 g/mol. The number of amides is 1. The van der Waals surface area contributed by atoms with E-state index in [-0.39, 0.29) is 18.0 Å². The summed E-state index contributed by atoms with van der Waals surface area (Å²) in [4.78, 5) is 21.7. The standard InChI is InChI=1S/C14H10BrFN2O4/c15-10-3-1-2-4-13(10)22-8-14(19)17-12-7-9(18(20)21)5-6-11(12)16/h1-7H,8H2,(H,17,19). The minimum atomic E-state index is -0.764. The molecule has 1 N–H and O–H groups in total. The molecule has 0 unspecified atom stereocenters. The number of carbonyl (C=O) groups excluding carboxylic acids is 1. The van der Waals surface area contributed by atoms with Crippen molar-refractivity contribution in [2.75, 3.05) is 11.9 Å². The largest absolute Gasteiger partial charge is 0.483 e. The maximum absolute atomic E-state index is 13.5. The number of rotatable bonds is 5. The molecule has 0 atom stereocenters. The summed E-state index contributed by atoms with van der Waals surface area (Å²) in [5.74, 6) is -0.938. The van der Waals surface area contributed by atoms with E-state index in [2.05, 4.69) is 21.2 Å². The van der Waals surface area contributed by atoms with Gasteiger partial charge in [-0.15, -0.1) is 0 Å². The molecule has 0 saturated carbocycles. The molecule has 0 aliphatic rings. The Balaban J connectivity index is 2.02. The number of nitrogens with zero attached hydrogens (tertiary/aromatic N) is 1. The third kappa shape index (κ3) is 4.01. The summed E-state index contributed by atoms with van der Waals surface area (Å²) >= 11 is 3.26. The molecule has 2 aromatic rings. The van der Waals surface area contributed by atoms with Crippen molar-refractivity contribution < 1.29 is 18.8 Å². The lowest BCUT2D eigenvalue weighted by Gasteiger charge is -2.09. The molecule has 0 aromatic heterocycles. The summed E-state index contributed by atoms with van der Waals surface area (Å²) in [7, 11) is 0. The Labute approximate surface area is 133 Å². The van der Waals surface area contributed by atoms with Crippen molar-refractivity contribution in [3.63, 3.8) is 0 Å². The second kappa shape index (κ2) is 6.99. The summed E-state index contributed by atoms with van der Waals surface area (Å²) in [5.41, 5.74) is -0.585. The number of nitro benzene ring substituents is 1. The Kier molecular flexibility index (Phi) is 5.05. The van der Waals surface area contributed by atoms with Crippen LogP contribution >= 0.6 is 15.9 Å². The lowest BCUT2D eigenvalue weighted by molar-refractivity contribution is -0.384. The second-order valence-corrected chi connectivity index (χ2v) is 5.04. The number of para-hydroxylation sites is 1. The minimum Gasteiger partial charge on any atom is -0.483 e. The van der Waals surface area contributed by atoms with Crippen LogP contribution in [-0.4, -0.2) is 17.4 Å². The van der Waals surface area contributed by atoms with Crippen molar-refractivity contribution in [2.45, 2.75) is 0 Å². The normalized spacial score (nSPS) is 10.1. The number of halogens is 2. The van der Waals surface area contributed by atoms with Gasteiger partial charge in [-0.1, -0.05) is 12.1 Å². The number of ether oxygens (including phenoxy) is 1. The van der Waals surface area contributed by atoms with Crippen molar-refractivity contribution in [3.8, 4) is 5.75 Å². The minimum absolute atomic E-state index is 0.269. The van der Waals surface area contributed by atoms with E-state index >= 15 is 0 Å². The molecule has 0 aliphatic carbocycles. The molecule has 114 valence electrons. The highest BCUT2D eigenvalue weighted by atomic mass is 79.9. The Morgan fingerprint density at radius 1 is 1.32 bits per heavy atom. The molecule has 0 bridgehead atoms. The van der Waals surface area contributed by atoms with Gasteiger partial charge in [0.05, 0.1) is 15.1 Å². The van der Waals surface area contributed by atoms with Crippen LogP contribution in [0.25, 0.3) is 0 Å². The van der Waals surface area contributed by atoms with Crippen LogP contribution in [0.3, 0.4) is 0 Å². The van der Waals surface area contributed by atoms with Crippen molar-refractivity contribution in [2.24, 2.45) is 0 Å². The molecule has 2 aromatic carbocycles. The smallest absolute Gasteiger partial charge is 0.271 e. The van der Waals surface area contributed by atoms with Gasteiger partial charge in [-0.2, -0.15) is 0 Å². The molecule has 1 amide bonds. The first-order chi connectivity index (χ1) is 10.5. The number of hydrogen-bond donors (Lipinski definition) is 1. The highest BCUT2D eigenvalue weighted by molar-refractivity contribution is 9.10. The highest BCUT2D eigenvalue weighted by Gasteiger charge is 2.13. The van der Waals surface area contributed by atoms with Crippen molar-refractivity contribution >= 4 is 33.2 Å². The Morgan fingerprint density at radius 3 is 2.73 bits per heavy atom. The van der Waals surface area contributed by atoms with E-state index in [4.69, 9.17) is 4.74 Å². The molecule has 0 heterocycles. The number of hydrogen-bond acceptors (Lipinski definition) is 4. The molecular weight excluding hydrogens is 359 g/mol. The zero-order chi connectivity index (χ0) is 16.1. The zero-order valence-electron chi connectivity index (χ0n) is 11.1. The van der Waals surface area contributed by atoms with E-state index < -0.39 is 16.6 Å². The van der Waals surface area contributed by atoms with Crippen molar-refractivity contribution in [3.05, 3.63) is 62.9 Å². The first-order valence-corrected chi connectivity index (χ1v) is 6.88. The van der Waals surface area contributed by atoms with E-state index in [9.17, 15) is 19.3 Å². The lowest BCUT2D eigenvalue weighted by atomic mass is 10.2. The van der Waals surface area contributed by atoms with Crippen LogP contribution in [0, 0.1) is 15.9 Å². The van der Waals surface area contributed by atoms with E-state index in [1.54, 1.807) is 24.3 Å². The van der Waals surface area contributed by atoms with Gasteiger partial charge in [-0.3, -0.25) is 14.9 Å². The number of carbonyl (C=O) groups is 1. The molecule has 6 nitrogen and oxygen atoms in total. The van der Waals surface area contributed by atoms with Gasteiger partial charge >= 0.3 is 0 Å². The predicted octanol–water partition coefficient (Wildman–Crippen LogP) is 3.51. The number of non-ortho nitro benzene ring substituents is 1. The van der Waals surface area contributed by atoms with E-state index in [0.717, 1.165) is 18.2 Å². The molecule has 0 spiro atoms. The third-order valence-electron chi connectivity index (χ3n) is 2.63. The number of benzene rings is 2. The van der Waals surface area contributed by atoms with E-state index in [0.29, 0.717) is 10.2 Å². The van der Waals surface area contributed by atoms with Crippen LogP contribution < -0.4 is 10.1 Å². The van der Waals surface area contributed by atoms with Gasteiger partial charge in [0.1, 0.15) is 11.6 Å². The van der Waals surface area contributed by atoms with Gasteiger partial charge in [0.25, 0.3) is 11.6 Å². The van der Waals surface area contributed by atoms with Crippen LogP contribution in [0.5, 0.6) is 5.75 Å². The highest BCUT2D eigenvalue weighted by Crippen LogP contribution is 2.24. The fourth-order valence-corrected chi connectivity index (χ4v) is 2.01. The van der Waals surface area contributed by atoms with Crippen molar-refractivity contribution in [1.82, 2.24) is 0 Å². The monoisotopic (exact) mass is 368 g/mol. The topological polar surface area (TPSA) is 81.5 Å². The predicted molar refractivity (Wildman–Crippen MR) is 81.3 cm³/mol. The zero-order valence-corrected chi connectivity index (χ0v) is 12.7. The molecule has 2 rings (SSSR count). The summed E-state index contributed by atoms with van der Waals surface area (Å²) in [6, 6.07) is 9.81. The summed E-state index contributed by atoms with van der Waals surface area (Å²) in [6.07, 6.45) is 0. The van der Waals surface area contributed by atoms with Crippen LogP contribution in [0.2, 0.25) is 0 Å².